The van der Waals surface area contributed by atoms with Crippen LogP contribution in [0.3, 0.4) is 0 Å². The monoisotopic (exact) mass is 273 g/mol. The molecule has 3 N–H and O–H groups in total. The number of aryl methyl sites for hydroxylation is 1. The second-order valence-corrected chi connectivity index (χ2v) is 4.92. The van der Waals surface area contributed by atoms with E-state index in [1.807, 2.05) is 44.1 Å². The molecule has 1 amide bonds. The van der Waals surface area contributed by atoms with E-state index in [2.05, 4.69) is 10.4 Å². The van der Waals surface area contributed by atoms with Gasteiger partial charge in [-0.25, -0.2) is 0 Å². The van der Waals surface area contributed by atoms with Crippen molar-refractivity contribution in [2.75, 3.05) is 30.0 Å². The predicted octanol–water partition coefficient (Wildman–Crippen LogP) is 1.48. The molecule has 20 heavy (non-hydrogen) atoms. The van der Waals surface area contributed by atoms with Crippen molar-refractivity contribution >= 4 is 23.0 Å². The molecule has 1 aromatic heterocycles. The molecule has 1 aromatic carbocycles. The van der Waals surface area contributed by atoms with Gasteiger partial charge in [-0.05, 0) is 24.6 Å². The fourth-order valence-corrected chi connectivity index (χ4v) is 1.98. The van der Waals surface area contributed by atoms with Crippen LogP contribution in [0.2, 0.25) is 0 Å². The van der Waals surface area contributed by atoms with Crippen molar-refractivity contribution in [3.05, 3.63) is 36.2 Å². The van der Waals surface area contributed by atoms with Crippen LogP contribution in [-0.2, 0) is 11.3 Å². The van der Waals surface area contributed by atoms with Crippen LogP contribution in [0, 0.1) is 6.92 Å². The third-order valence-corrected chi connectivity index (χ3v) is 2.93. The van der Waals surface area contributed by atoms with Gasteiger partial charge in [-0.1, -0.05) is 6.07 Å². The van der Waals surface area contributed by atoms with Crippen molar-refractivity contribution in [2.24, 2.45) is 0 Å². The summed E-state index contributed by atoms with van der Waals surface area (Å²) in [5.74, 6) is -0.137. The van der Waals surface area contributed by atoms with Crippen LogP contribution in [0.1, 0.15) is 5.56 Å². The van der Waals surface area contributed by atoms with Gasteiger partial charge in [0.1, 0.15) is 6.54 Å². The quantitative estimate of drug-likeness (QED) is 0.884. The summed E-state index contributed by atoms with van der Waals surface area (Å²) in [6.45, 7) is 2.18. The van der Waals surface area contributed by atoms with Crippen LogP contribution in [0.25, 0.3) is 0 Å². The topological polar surface area (TPSA) is 76.2 Å². The number of hydrogen-bond acceptors (Lipinski definition) is 4. The van der Waals surface area contributed by atoms with Crippen LogP contribution < -0.4 is 16.0 Å². The van der Waals surface area contributed by atoms with E-state index in [0.717, 1.165) is 16.9 Å². The number of carbonyl (C=O) groups is 1. The maximum atomic E-state index is 11.9. The zero-order valence-electron chi connectivity index (χ0n) is 11.9. The molecular formula is C14H19N5O. The third-order valence-electron chi connectivity index (χ3n) is 2.93. The van der Waals surface area contributed by atoms with Gasteiger partial charge < -0.3 is 16.0 Å². The van der Waals surface area contributed by atoms with Crippen molar-refractivity contribution in [1.29, 1.82) is 0 Å². The van der Waals surface area contributed by atoms with Gasteiger partial charge in [0.15, 0.2) is 0 Å². The number of nitrogen functional groups attached to an aromatic ring is 1. The van der Waals surface area contributed by atoms with Gasteiger partial charge >= 0.3 is 0 Å². The van der Waals surface area contributed by atoms with Gasteiger partial charge in [-0.15, -0.1) is 0 Å². The van der Waals surface area contributed by atoms with Gasteiger partial charge in [0.2, 0.25) is 5.91 Å². The number of anilines is 3. The van der Waals surface area contributed by atoms with Gasteiger partial charge in [-0.3, -0.25) is 9.48 Å². The van der Waals surface area contributed by atoms with E-state index in [0.29, 0.717) is 5.69 Å². The van der Waals surface area contributed by atoms with Crippen molar-refractivity contribution < 1.29 is 4.79 Å². The molecule has 0 bridgehead atoms. The molecule has 0 fully saturated rings. The maximum absolute atomic E-state index is 11.9. The van der Waals surface area contributed by atoms with E-state index in [-0.39, 0.29) is 12.5 Å². The minimum absolute atomic E-state index is 0.137. The molecule has 0 unspecified atom stereocenters. The molecule has 0 aliphatic heterocycles. The summed E-state index contributed by atoms with van der Waals surface area (Å²) in [6.07, 6.45) is 3.14. The second-order valence-electron chi connectivity index (χ2n) is 4.92. The summed E-state index contributed by atoms with van der Waals surface area (Å²) in [5, 5.41) is 6.83. The van der Waals surface area contributed by atoms with E-state index >= 15 is 0 Å². The summed E-state index contributed by atoms with van der Waals surface area (Å²) in [4.78, 5) is 13.9. The molecular weight excluding hydrogens is 254 g/mol. The minimum Gasteiger partial charge on any atom is -0.396 e. The highest BCUT2D eigenvalue weighted by Gasteiger charge is 2.07. The number of nitrogens with two attached hydrogens (primary N) is 1. The molecule has 0 radical (unpaired) electrons. The molecule has 0 saturated carbocycles. The second kappa shape index (κ2) is 5.64. The van der Waals surface area contributed by atoms with Gasteiger partial charge in [0.25, 0.3) is 0 Å². The Hall–Kier alpha value is -2.50. The summed E-state index contributed by atoms with van der Waals surface area (Å²) >= 11 is 0. The third kappa shape index (κ3) is 3.28. The summed E-state index contributed by atoms with van der Waals surface area (Å²) in [6, 6.07) is 5.82. The van der Waals surface area contributed by atoms with Gasteiger partial charge in [0, 0.05) is 31.7 Å². The molecule has 6 nitrogen and oxygen atoms in total. The fourth-order valence-electron chi connectivity index (χ4n) is 1.98. The van der Waals surface area contributed by atoms with Crippen molar-refractivity contribution in [2.45, 2.75) is 13.5 Å². The standard InChI is InChI=1S/C14H19N5O/c1-10-4-5-12(6-13(10)18(2)3)17-14(20)9-19-8-11(15)7-16-19/h4-8H,9,15H2,1-3H3,(H,17,20). The Morgan fingerprint density at radius 2 is 2.20 bits per heavy atom. The Balaban J connectivity index is 2.06. The fraction of sp³-hybridized carbons (Fsp3) is 0.286. The highest BCUT2D eigenvalue weighted by Crippen LogP contribution is 2.22. The Morgan fingerprint density at radius 3 is 2.80 bits per heavy atom. The van der Waals surface area contributed by atoms with E-state index in [1.165, 1.54) is 10.9 Å². The lowest BCUT2D eigenvalue weighted by molar-refractivity contribution is -0.116. The summed E-state index contributed by atoms with van der Waals surface area (Å²) < 4.78 is 1.51. The number of amides is 1. The van der Waals surface area contributed by atoms with Crippen molar-refractivity contribution in [3.63, 3.8) is 0 Å². The molecule has 1 heterocycles. The smallest absolute Gasteiger partial charge is 0.246 e. The normalized spacial score (nSPS) is 10.3. The average molecular weight is 273 g/mol. The molecule has 2 aromatic rings. The highest BCUT2D eigenvalue weighted by atomic mass is 16.2. The molecule has 2 rings (SSSR count). The predicted molar refractivity (Wildman–Crippen MR) is 80.8 cm³/mol. The minimum atomic E-state index is -0.137. The van der Waals surface area contributed by atoms with Crippen LogP contribution in [0.4, 0.5) is 17.1 Å². The van der Waals surface area contributed by atoms with E-state index in [1.54, 1.807) is 6.20 Å². The Kier molecular flexibility index (Phi) is 3.93. The first-order valence-electron chi connectivity index (χ1n) is 6.31. The lowest BCUT2D eigenvalue weighted by Gasteiger charge is -2.17. The maximum Gasteiger partial charge on any atom is 0.246 e. The molecule has 6 heteroatoms. The molecule has 0 aliphatic carbocycles. The number of hydrogen-bond donors (Lipinski definition) is 2. The molecule has 0 saturated heterocycles. The molecule has 106 valence electrons. The van der Waals surface area contributed by atoms with E-state index in [4.69, 9.17) is 5.73 Å². The first-order valence-corrected chi connectivity index (χ1v) is 6.31. The first kappa shape index (κ1) is 13.9. The number of aromatic nitrogens is 2. The lowest BCUT2D eigenvalue weighted by atomic mass is 10.1. The largest absolute Gasteiger partial charge is 0.396 e. The van der Waals surface area contributed by atoms with E-state index < -0.39 is 0 Å². The van der Waals surface area contributed by atoms with Gasteiger partial charge in [-0.2, -0.15) is 5.10 Å². The lowest BCUT2D eigenvalue weighted by Crippen LogP contribution is -2.19. The van der Waals surface area contributed by atoms with E-state index in [9.17, 15) is 4.79 Å². The Morgan fingerprint density at radius 1 is 1.45 bits per heavy atom. The van der Waals surface area contributed by atoms with Crippen LogP contribution in [0.5, 0.6) is 0 Å². The highest BCUT2D eigenvalue weighted by molar-refractivity contribution is 5.91. The molecule has 0 spiro atoms. The number of rotatable bonds is 4. The number of carbonyl (C=O) groups excluding carboxylic acids is 1. The van der Waals surface area contributed by atoms with Crippen LogP contribution in [0.15, 0.2) is 30.6 Å². The molecule has 0 atom stereocenters. The number of benzene rings is 1. The molecule has 0 aliphatic rings. The van der Waals surface area contributed by atoms with Crippen molar-refractivity contribution in [3.8, 4) is 0 Å². The Labute approximate surface area is 118 Å². The summed E-state index contributed by atoms with van der Waals surface area (Å²) in [7, 11) is 3.95. The average Bonchev–Trinajstić information content (AvgIpc) is 2.76. The Bertz CT molecular complexity index is 618. The zero-order chi connectivity index (χ0) is 14.7. The zero-order valence-corrected chi connectivity index (χ0v) is 11.9. The number of nitrogens with one attached hydrogen (secondary N) is 1. The number of nitrogens with zero attached hydrogens (tertiary/aromatic N) is 3. The first-order chi connectivity index (χ1) is 9.45. The van der Waals surface area contributed by atoms with Crippen molar-refractivity contribution in [1.82, 2.24) is 9.78 Å². The van der Waals surface area contributed by atoms with Gasteiger partial charge in [0.05, 0.1) is 11.9 Å². The summed E-state index contributed by atoms with van der Waals surface area (Å²) in [5.41, 5.74) is 9.10. The van der Waals surface area contributed by atoms with Crippen LogP contribution in [-0.4, -0.2) is 29.8 Å². The van der Waals surface area contributed by atoms with Crippen LogP contribution >= 0.6 is 0 Å². The SMILES string of the molecule is Cc1ccc(NC(=O)Cn2cc(N)cn2)cc1N(C)C.